The molecule has 1 aromatic carbocycles. The molecule has 3 nitrogen and oxygen atoms in total. The lowest BCUT2D eigenvalue weighted by molar-refractivity contribution is 0.0778. The SMILES string of the molecule is Cc1c(N)cc(C(=O)N(C)CC(C)C)cc1F. The van der Waals surface area contributed by atoms with Crippen molar-refractivity contribution in [1.82, 2.24) is 4.90 Å². The molecule has 0 saturated carbocycles. The number of amides is 1. The van der Waals surface area contributed by atoms with Crippen LogP contribution in [0.5, 0.6) is 0 Å². The van der Waals surface area contributed by atoms with Gasteiger partial charge in [-0.1, -0.05) is 13.8 Å². The second-order valence-corrected chi connectivity index (χ2v) is 4.75. The van der Waals surface area contributed by atoms with Gasteiger partial charge in [-0.15, -0.1) is 0 Å². The summed E-state index contributed by atoms with van der Waals surface area (Å²) in [5, 5.41) is 0. The Labute approximate surface area is 101 Å². The Hall–Kier alpha value is -1.58. The molecule has 1 amide bonds. The standard InChI is InChI=1S/C13H19FN2O/c1-8(2)7-16(4)13(17)10-5-11(14)9(3)12(15)6-10/h5-6,8H,7,15H2,1-4H3. The average Bonchev–Trinajstić information content (AvgIpc) is 2.23. The fourth-order valence-electron chi connectivity index (χ4n) is 1.67. The third-order valence-electron chi connectivity index (χ3n) is 2.62. The minimum Gasteiger partial charge on any atom is -0.398 e. The Balaban J connectivity index is 2.97. The van der Waals surface area contributed by atoms with E-state index in [1.807, 2.05) is 13.8 Å². The first kappa shape index (κ1) is 13.5. The summed E-state index contributed by atoms with van der Waals surface area (Å²) < 4.78 is 13.5. The Morgan fingerprint density at radius 3 is 2.53 bits per heavy atom. The van der Waals surface area contributed by atoms with Crippen molar-refractivity contribution >= 4 is 11.6 Å². The van der Waals surface area contributed by atoms with Crippen molar-refractivity contribution in [2.24, 2.45) is 5.92 Å². The maximum atomic E-state index is 13.5. The van der Waals surface area contributed by atoms with Crippen LogP contribution in [0.15, 0.2) is 12.1 Å². The number of hydrogen-bond acceptors (Lipinski definition) is 2. The van der Waals surface area contributed by atoms with Gasteiger partial charge >= 0.3 is 0 Å². The molecule has 0 fully saturated rings. The van der Waals surface area contributed by atoms with Gasteiger partial charge in [-0.05, 0) is 25.0 Å². The van der Waals surface area contributed by atoms with Gasteiger partial charge in [0.2, 0.25) is 0 Å². The van der Waals surface area contributed by atoms with Crippen molar-refractivity contribution in [1.29, 1.82) is 0 Å². The van der Waals surface area contributed by atoms with E-state index in [0.717, 1.165) is 0 Å². The number of carbonyl (C=O) groups excluding carboxylic acids is 1. The van der Waals surface area contributed by atoms with Crippen molar-refractivity contribution in [3.63, 3.8) is 0 Å². The van der Waals surface area contributed by atoms with Gasteiger partial charge in [0.25, 0.3) is 5.91 Å². The van der Waals surface area contributed by atoms with Crippen LogP contribution in [0.1, 0.15) is 29.8 Å². The first-order valence-electron chi connectivity index (χ1n) is 5.64. The molecule has 0 aliphatic heterocycles. The third kappa shape index (κ3) is 3.19. The van der Waals surface area contributed by atoms with Crippen LogP contribution in [0.2, 0.25) is 0 Å². The van der Waals surface area contributed by atoms with Crippen LogP contribution in [-0.4, -0.2) is 24.4 Å². The fourth-order valence-corrected chi connectivity index (χ4v) is 1.67. The van der Waals surface area contributed by atoms with Gasteiger partial charge in [-0.2, -0.15) is 0 Å². The van der Waals surface area contributed by atoms with Crippen LogP contribution in [0.25, 0.3) is 0 Å². The number of halogens is 1. The summed E-state index contributed by atoms with van der Waals surface area (Å²) in [5.74, 6) is -0.271. The summed E-state index contributed by atoms with van der Waals surface area (Å²) in [5.41, 5.74) is 6.64. The molecule has 0 spiro atoms. The van der Waals surface area contributed by atoms with Gasteiger partial charge in [0.15, 0.2) is 0 Å². The molecule has 17 heavy (non-hydrogen) atoms. The second-order valence-electron chi connectivity index (χ2n) is 4.75. The normalized spacial score (nSPS) is 10.7. The molecule has 0 saturated heterocycles. The predicted molar refractivity (Wildman–Crippen MR) is 67.3 cm³/mol. The molecule has 0 bridgehead atoms. The molecule has 94 valence electrons. The number of rotatable bonds is 3. The lowest BCUT2D eigenvalue weighted by Crippen LogP contribution is -2.30. The van der Waals surface area contributed by atoms with Crippen LogP contribution in [-0.2, 0) is 0 Å². The average molecular weight is 238 g/mol. The van der Waals surface area contributed by atoms with E-state index < -0.39 is 5.82 Å². The summed E-state index contributed by atoms with van der Waals surface area (Å²) in [4.78, 5) is 13.6. The molecular weight excluding hydrogens is 219 g/mol. The number of hydrogen-bond donors (Lipinski definition) is 1. The Kier molecular flexibility index (Phi) is 4.10. The van der Waals surface area contributed by atoms with E-state index in [-0.39, 0.29) is 5.91 Å². The lowest BCUT2D eigenvalue weighted by Gasteiger charge is -2.19. The van der Waals surface area contributed by atoms with Crippen molar-refractivity contribution < 1.29 is 9.18 Å². The summed E-state index contributed by atoms with van der Waals surface area (Å²) in [6, 6.07) is 2.77. The molecule has 4 heteroatoms. The monoisotopic (exact) mass is 238 g/mol. The number of nitrogen functional groups attached to an aromatic ring is 1. The number of carbonyl (C=O) groups is 1. The highest BCUT2D eigenvalue weighted by atomic mass is 19.1. The van der Waals surface area contributed by atoms with Gasteiger partial charge in [0.05, 0.1) is 0 Å². The van der Waals surface area contributed by atoms with E-state index in [2.05, 4.69) is 0 Å². The highest BCUT2D eigenvalue weighted by molar-refractivity contribution is 5.95. The molecule has 0 aromatic heterocycles. The zero-order chi connectivity index (χ0) is 13.2. The first-order valence-corrected chi connectivity index (χ1v) is 5.64. The zero-order valence-electron chi connectivity index (χ0n) is 10.7. The zero-order valence-corrected chi connectivity index (χ0v) is 10.7. The van der Waals surface area contributed by atoms with Gasteiger partial charge in [-0.25, -0.2) is 4.39 Å². The van der Waals surface area contributed by atoms with Gasteiger partial charge in [0, 0.05) is 30.4 Å². The fraction of sp³-hybridized carbons (Fsp3) is 0.462. The molecule has 0 aliphatic rings. The van der Waals surface area contributed by atoms with E-state index in [1.165, 1.54) is 12.1 Å². The largest absolute Gasteiger partial charge is 0.398 e. The maximum absolute atomic E-state index is 13.5. The second kappa shape index (κ2) is 5.17. The molecule has 0 aliphatic carbocycles. The maximum Gasteiger partial charge on any atom is 0.253 e. The summed E-state index contributed by atoms with van der Waals surface area (Å²) >= 11 is 0. The number of anilines is 1. The minimum atomic E-state index is -0.439. The van der Waals surface area contributed by atoms with Crippen molar-refractivity contribution in [3.05, 3.63) is 29.1 Å². The number of benzene rings is 1. The van der Waals surface area contributed by atoms with Crippen molar-refractivity contribution in [3.8, 4) is 0 Å². The highest BCUT2D eigenvalue weighted by Crippen LogP contribution is 2.18. The summed E-state index contributed by atoms with van der Waals surface area (Å²) in [6.07, 6.45) is 0. The molecule has 1 aromatic rings. The quantitative estimate of drug-likeness (QED) is 0.822. The molecule has 2 N–H and O–H groups in total. The Morgan fingerprint density at radius 2 is 2.06 bits per heavy atom. The van der Waals surface area contributed by atoms with Gasteiger partial charge < -0.3 is 10.6 Å². The third-order valence-corrected chi connectivity index (χ3v) is 2.62. The topological polar surface area (TPSA) is 46.3 Å². The first-order chi connectivity index (χ1) is 7.82. The summed E-state index contributed by atoms with van der Waals surface area (Å²) in [6.45, 7) is 6.27. The highest BCUT2D eigenvalue weighted by Gasteiger charge is 2.15. The molecular formula is C13H19FN2O. The van der Waals surface area contributed by atoms with Crippen molar-refractivity contribution in [2.45, 2.75) is 20.8 Å². The van der Waals surface area contributed by atoms with Crippen LogP contribution < -0.4 is 5.73 Å². The molecule has 0 atom stereocenters. The van der Waals surface area contributed by atoms with Gasteiger partial charge in [0.1, 0.15) is 5.82 Å². The lowest BCUT2D eigenvalue weighted by atomic mass is 10.1. The molecule has 0 heterocycles. The van der Waals surface area contributed by atoms with E-state index in [1.54, 1.807) is 18.9 Å². The smallest absolute Gasteiger partial charge is 0.253 e. The minimum absolute atomic E-state index is 0.204. The van der Waals surface area contributed by atoms with Gasteiger partial charge in [-0.3, -0.25) is 4.79 Å². The van der Waals surface area contributed by atoms with E-state index >= 15 is 0 Å². The van der Waals surface area contributed by atoms with Crippen LogP contribution in [0, 0.1) is 18.7 Å². The van der Waals surface area contributed by atoms with E-state index in [0.29, 0.717) is 29.3 Å². The molecule has 1 rings (SSSR count). The summed E-state index contributed by atoms with van der Waals surface area (Å²) in [7, 11) is 1.70. The predicted octanol–water partition coefficient (Wildman–Crippen LogP) is 2.44. The van der Waals surface area contributed by atoms with Crippen molar-refractivity contribution in [2.75, 3.05) is 19.3 Å². The van der Waals surface area contributed by atoms with Crippen LogP contribution >= 0.6 is 0 Å². The Morgan fingerprint density at radius 1 is 1.47 bits per heavy atom. The van der Waals surface area contributed by atoms with E-state index in [4.69, 9.17) is 5.73 Å². The molecule has 0 radical (unpaired) electrons. The number of nitrogens with zero attached hydrogens (tertiary/aromatic N) is 1. The van der Waals surface area contributed by atoms with E-state index in [9.17, 15) is 9.18 Å². The Bertz CT molecular complexity index is 406. The van der Waals surface area contributed by atoms with Crippen LogP contribution in [0.4, 0.5) is 10.1 Å². The molecule has 0 unspecified atom stereocenters. The van der Waals surface area contributed by atoms with Crippen LogP contribution in [0.3, 0.4) is 0 Å². The number of nitrogens with two attached hydrogens (primary N) is 1.